The van der Waals surface area contributed by atoms with Crippen molar-refractivity contribution in [2.45, 2.75) is 82.3 Å². The van der Waals surface area contributed by atoms with Gasteiger partial charge in [-0.05, 0) is 45.4 Å². The lowest BCUT2D eigenvalue weighted by atomic mass is 9.81. The van der Waals surface area contributed by atoms with Crippen molar-refractivity contribution in [2.75, 3.05) is 18.8 Å². The molecule has 2 rings (SSSR count). The molecule has 6 N–H and O–H groups in total. The van der Waals surface area contributed by atoms with Crippen LogP contribution >= 0.6 is 0 Å². The van der Waals surface area contributed by atoms with Crippen LogP contribution in [0.15, 0.2) is 4.99 Å². The van der Waals surface area contributed by atoms with Crippen molar-refractivity contribution < 1.29 is 22.8 Å². The molecule has 1 saturated carbocycles. The highest BCUT2D eigenvalue weighted by Crippen LogP contribution is 2.33. The van der Waals surface area contributed by atoms with Crippen molar-refractivity contribution in [2.24, 2.45) is 16.5 Å². The fraction of sp³-hybridized carbons (Fsp3) is 0.800. The first-order valence-corrected chi connectivity index (χ1v) is 12.9. The Kier molecular flexibility index (Phi) is 9.44. The number of amides is 2. The van der Waals surface area contributed by atoms with Gasteiger partial charge in [0.1, 0.15) is 17.9 Å². The van der Waals surface area contributed by atoms with Crippen LogP contribution in [0, 0.1) is 0 Å². The average molecular weight is 473 g/mol. The lowest BCUT2D eigenvalue weighted by Crippen LogP contribution is -2.63. The van der Waals surface area contributed by atoms with Crippen LogP contribution in [0.5, 0.6) is 0 Å². The van der Waals surface area contributed by atoms with E-state index in [4.69, 9.17) is 11.5 Å². The highest BCUT2D eigenvalue weighted by Gasteiger charge is 2.48. The third-order valence-electron chi connectivity index (χ3n) is 6.12. The number of nitrogens with one attached hydrogen (secondary N) is 2. The Hall–Kier alpha value is -2.21. The second-order valence-corrected chi connectivity index (χ2v) is 10.5. The summed E-state index contributed by atoms with van der Waals surface area (Å²) in [6.07, 6.45) is 5.89. The number of aliphatic imine (C=N–C) groups is 1. The van der Waals surface area contributed by atoms with Gasteiger partial charge in [0.25, 0.3) is 0 Å². The van der Waals surface area contributed by atoms with E-state index >= 15 is 0 Å². The number of carbonyl (C=O) groups is 3. The molecule has 0 bridgehead atoms. The quantitative estimate of drug-likeness (QED) is 0.134. The second-order valence-electron chi connectivity index (χ2n) is 8.50. The van der Waals surface area contributed by atoms with Gasteiger partial charge in [0.2, 0.25) is 21.8 Å². The lowest BCUT2D eigenvalue weighted by molar-refractivity contribution is -0.144. The van der Waals surface area contributed by atoms with Gasteiger partial charge >= 0.3 is 0 Å². The van der Waals surface area contributed by atoms with Gasteiger partial charge in [-0.15, -0.1) is 0 Å². The van der Waals surface area contributed by atoms with Crippen LogP contribution in [0.1, 0.15) is 64.7 Å². The van der Waals surface area contributed by atoms with Crippen molar-refractivity contribution in [3.05, 3.63) is 0 Å². The molecule has 32 heavy (non-hydrogen) atoms. The van der Waals surface area contributed by atoms with Crippen molar-refractivity contribution >= 4 is 34.1 Å². The van der Waals surface area contributed by atoms with Crippen molar-refractivity contribution in [3.8, 4) is 0 Å². The van der Waals surface area contributed by atoms with Crippen molar-refractivity contribution in [3.63, 3.8) is 0 Å². The number of rotatable bonds is 11. The number of carbonyl (C=O) groups excluding carboxylic acids is 3. The molecule has 0 spiro atoms. The molecule has 12 heteroatoms. The zero-order chi connectivity index (χ0) is 23.8. The van der Waals surface area contributed by atoms with Gasteiger partial charge in [-0.1, -0.05) is 19.3 Å². The molecule has 1 aliphatic heterocycles. The zero-order valence-corrected chi connectivity index (χ0v) is 19.5. The van der Waals surface area contributed by atoms with Gasteiger partial charge in [-0.25, -0.2) is 8.42 Å². The third-order valence-corrected chi connectivity index (χ3v) is 7.59. The number of likely N-dealkylation sites (tertiary alicyclic amines) is 1. The molecule has 2 fully saturated rings. The van der Waals surface area contributed by atoms with Gasteiger partial charge in [0, 0.05) is 13.1 Å². The van der Waals surface area contributed by atoms with Crippen LogP contribution < -0.4 is 21.5 Å². The minimum atomic E-state index is -3.60. The van der Waals surface area contributed by atoms with E-state index in [0.29, 0.717) is 57.9 Å². The molecule has 0 aromatic rings. The molecular weight excluding hydrogens is 436 g/mol. The predicted molar refractivity (Wildman–Crippen MR) is 121 cm³/mol. The summed E-state index contributed by atoms with van der Waals surface area (Å²) >= 11 is 0. The van der Waals surface area contributed by atoms with Crippen LogP contribution in [-0.4, -0.2) is 73.8 Å². The number of sulfonamides is 1. The molecule has 0 aromatic heterocycles. The fourth-order valence-electron chi connectivity index (χ4n) is 4.41. The van der Waals surface area contributed by atoms with Gasteiger partial charge in [0.15, 0.2) is 5.96 Å². The third kappa shape index (κ3) is 6.89. The standard InChI is InChI=1S/C20H36N6O5S/c1-2-32(30,31)25-20(10-4-3-5-11-20)18(29)26-13-7-9-16(26)17(28)24-15(14-27)8-6-12-23-19(21)22/h14-16,25H,2-13H2,1H3,(H,24,28)(H4,21,22,23)/t15-,16-/m0/s1. The Balaban J connectivity index is 2.09. The Labute approximate surface area is 189 Å². The second kappa shape index (κ2) is 11.6. The Morgan fingerprint density at radius 2 is 1.91 bits per heavy atom. The normalized spacial score (nSPS) is 21.5. The van der Waals surface area contributed by atoms with E-state index in [-0.39, 0.29) is 17.6 Å². The first-order valence-electron chi connectivity index (χ1n) is 11.3. The molecule has 11 nitrogen and oxygen atoms in total. The summed E-state index contributed by atoms with van der Waals surface area (Å²) in [6, 6.07) is -1.44. The maximum Gasteiger partial charge on any atom is 0.244 e. The summed E-state index contributed by atoms with van der Waals surface area (Å²) < 4.78 is 27.3. The minimum Gasteiger partial charge on any atom is -0.370 e. The molecule has 2 aliphatic rings. The SMILES string of the molecule is CCS(=O)(=O)NC1(C(=O)N2CCC[C@H]2C(=O)N[C@H](C=O)CCCN=C(N)N)CCCCC1. The van der Waals surface area contributed by atoms with E-state index in [1.165, 1.54) is 11.8 Å². The Morgan fingerprint density at radius 1 is 1.22 bits per heavy atom. The molecule has 1 heterocycles. The van der Waals surface area contributed by atoms with E-state index in [1.807, 2.05) is 0 Å². The van der Waals surface area contributed by atoms with Crippen LogP contribution in [-0.2, 0) is 24.4 Å². The van der Waals surface area contributed by atoms with E-state index in [1.54, 1.807) is 0 Å². The summed E-state index contributed by atoms with van der Waals surface area (Å²) in [5, 5.41) is 2.71. The predicted octanol–water partition coefficient (Wildman–Crippen LogP) is -0.643. The van der Waals surface area contributed by atoms with Crippen molar-refractivity contribution in [1.82, 2.24) is 14.9 Å². The van der Waals surface area contributed by atoms with Gasteiger partial charge < -0.3 is 26.5 Å². The number of aldehydes is 1. The summed E-state index contributed by atoms with van der Waals surface area (Å²) in [5.74, 6) is -0.902. The largest absolute Gasteiger partial charge is 0.370 e. The van der Waals surface area contributed by atoms with E-state index in [9.17, 15) is 22.8 Å². The highest BCUT2D eigenvalue weighted by molar-refractivity contribution is 7.89. The average Bonchev–Trinajstić information content (AvgIpc) is 3.25. The number of hydrogen-bond acceptors (Lipinski definition) is 6. The first-order chi connectivity index (χ1) is 15.1. The molecule has 1 aliphatic carbocycles. The molecular formula is C20H36N6O5S. The molecule has 0 aromatic carbocycles. The van der Waals surface area contributed by atoms with E-state index in [0.717, 1.165) is 19.3 Å². The summed E-state index contributed by atoms with van der Waals surface area (Å²) in [5.41, 5.74) is 9.34. The summed E-state index contributed by atoms with van der Waals surface area (Å²) in [4.78, 5) is 43.3. The van der Waals surface area contributed by atoms with E-state index < -0.39 is 33.6 Å². The van der Waals surface area contributed by atoms with Crippen LogP contribution in [0.25, 0.3) is 0 Å². The van der Waals surface area contributed by atoms with Gasteiger partial charge in [-0.2, -0.15) is 4.72 Å². The van der Waals surface area contributed by atoms with Crippen molar-refractivity contribution in [1.29, 1.82) is 0 Å². The minimum absolute atomic E-state index is 0.0351. The van der Waals surface area contributed by atoms with Crippen LogP contribution in [0.2, 0.25) is 0 Å². The number of guanidine groups is 1. The zero-order valence-electron chi connectivity index (χ0n) is 18.7. The maximum atomic E-state index is 13.6. The Bertz CT molecular complexity index is 805. The molecule has 182 valence electrons. The fourth-order valence-corrected chi connectivity index (χ4v) is 5.45. The van der Waals surface area contributed by atoms with Gasteiger partial charge in [0.05, 0.1) is 11.8 Å². The van der Waals surface area contributed by atoms with Crippen LogP contribution in [0.3, 0.4) is 0 Å². The monoisotopic (exact) mass is 472 g/mol. The summed E-state index contributed by atoms with van der Waals surface area (Å²) in [6.45, 7) is 2.25. The van der Waals surface area contributed by atoms with E-state index in [2.05, 4.69) is 15.0 Å². The molecule has 1 saturated heterocycles. The topological polar surface area (TPSA) is 177 Å². The first kappa shape index (κ1) is 26.0. The number of nitrogens with two attached hydrogens (primary N) is 2. The highest BCUT2D eigenvalue weighted by atomic mass is 32.2. The molecule has 0 radical (unpaired) electrons. The number of nitrogens with zero attached hydrogens (tertiary/aromatic N) is 2. The summed E-state index contributed by atoms with van der Waals surface area (Å²) in [7, 11) is -3.60. The Morgan fingerprint density at radius 3 is 2.50 bits per heavy atom. The van der Waals surface area contributed by atoms with Crippen LogP contribution in [0.4, 0.5) is 0 Å². The molecule has 0 unspecified atom stereocenters. The lowest BCUT2D eigenvalue weighted by Gasteiger charge is -2.40. The van der Waals surface area contributed by atoms with Gasteiger partial charge in [-0.3, -0.25) is 14.6 Å². The molecule has 2 amide bonds. The molecule has 2 atom stereocenters. The number of hydrogen-bond donors (Lipinski definition) is 4. The smallest absolute Gasteiger partial charge is 0.244 e. The maximum absolute atomic E-state index is 13.6.